The standard InChI is InChI=1S/C11H7ClN2O2/c12-6-2-1-3-9-4-5-11(14(15)16)7-10(9)8-13/h4-5,7H,2,6H2. The highest BCUT2D eigenvalue weighted by Crippen LogP contribution is 2.16. The molecule has 0 aromatic heterocycles. The first-order valence-electron chi connectivity index (χ1n) is 4.42. The summed E-state index contributed by atoms with van der Waals surface area (Å²) in [5.41, 5.74) is 0.578. The lowest BCUT2D eigenvalue weighted by atomic mass is 10.1. The van der Waals surface area contributed by atoms with Gasteiger partial charge >= 0.3 is 0 Å². The van der Waals surface area contributed by atoms with Gasteiger partial charge in [0.2, 0.25) is 0 Å². The van der Waals surface area contributed by atoms with Gasteiger partial charge in [-0.25, -0.2) is 0 Å². The van der Waals surface area contributed by atoms with Crippen LogP contribution in [0.4, 0.5) is 5.69 Å². The van der Waals surface area contributed by atoms with Gasteiger partial charge in [0.05, 0.1) is 10.5 Å². The van der Waals surface area contributed by atoms with E-state index in [4.69, 9.17) is 16.9 Å². The van der Waals surface area contributed by atoms with Crippen LogP contribution in [0.15, 0.2) is 18.2 Å². The van der Waals surface area contributed by atoms with Crippen LogP contribution in [0.25, 0.3) is 0 Å². The summed E-state index contributed by atoms with van der Waals surface area (Å²) in [5, 5.41) is 19.3. The fourth-order valence-corrected chi connectivity index (χ4v) is 1.15. The summed E-state index contributed by atoms with van der Waals surface area (Å²) < 4.78 is 0. The van der Waals surface area contributed by atoms with E-state index < -0.39 is 4.92 Å². The van der Waals surface area contributed by atoms with Crippen molar-refractivity contribution in [1.29, 1.82) is 5.26 Å². The maximum atomic E-state index is 10.5. The smallest absolute Gasteiger partial charge is 0.258 e. The monoisotopic (exact) mass is 234 g/mol. The minimum atomic E-state index is -0.545. The highest BCUT2D eigenvalue weighted by Gasteiger charge is 2.08. The number of nitrogens with zero attached hydrogens (tertiary/aromatic N) is 2. The van der Waals surface area contributed by atoms with E-state index in [0.29, 0.717) is 17.9 Å². The van der Waals surface area contributed by atoms with E-state index in [1.165, 1.54) is 18.2 Å². The zero-order valence-electron chi connectivity index (χ0n) is 8.24. The maximum absolute atomic E-state index is 10.5. The lowest BCUT2D eigenvalue weighted by Gasteiger charge is -1.95. The minimum absolute atomic E-state index is 0.112. The third-order valence-corrected chi connectivity index (χ3v) is 1.97. The molecule has 0 N–H and O–H groups in total. The lowest BCUT2D eigenvalue weighted by Crippen LogP contribution is -1.91. The summed E-state index contributed by atoms with van der Waals surface area (Å²) in [5.74, 6) is 5.94. The van der Waals surface area contributed by atoms with E-state index in [0.717, 1.165) is 0 Å². The van der Waals surface area contributed by atoms with Crippen LogP contribution in [0.3, 0.4) is 0 Å². The Bertz CT molecular complexity index is 509. The van der Waals surface area contributed by atoms with E-state index in [2.05, 4.69) is 11.8 Å². The predicted octanol–water partition coefficient (Wildman–Crippen LogP) is 2.45. The summed E-state index contributed by atoms with van der Waals surface area (Å²) in [7, 11) is 0. The quantitative estimate of drug-likeness (QED) is 0.342. The van der Waals surface area contributed by atoms with E-state index >= 15 is 0 Å². The lowest BCUT2D eigenvalue weighted by molar-refractivity contribution is -0.384. The number of benzene rings is 1. The fourth-order valence-electron chi connectivity index (χ4n) is 1.05. The van der Waals surface area contributed by atoms with Gasteiger partial charge in [-0.05, 0) is 6.07 Å². The molecule has 0 heterocycles. The summed E-state index contributed by atoms with van der Waals surface area (Å²) in [4.78, 5) is 9.94. The minimum Gasteiger partial charge on any atom is -0.258 e. The van der Waals surface area contributed by atoms with Crippen molar-refractivity contribution in [3.63, 3.8) is 0 Å². The van der Waals surface area contributed by atoms with Crippen molar-refractivity contribution in [1.82, 2.24) is 0 Å². The zero-order valence-corrected chi connectivity index (χ0v) is 8.99. The molecule has 4 nitrogen and oxygen atoms in total. The number of nitriles is 1. The number of non-ortho nitro benzene ring substituents is 1. The molecule has 0 unspecified atom stereocenters. The van der Waals surface area contributed by atoms with Crippen molar-refractivity contribution in [3.05, 3.63) is 39.4 Å². The Labute approximate surface area is 97.6 Å². The SMILES string of the molecule is N#Cc1cc([N+](=O)[O-])ccc1C#CCCCl. The van der Waals surface area contributed by atoms with Gasteiger partial charge < -0.3 is 0 Å². The molecular weight excluding hydrogens is 228 g/mol. The highest BCUT2D eigenvalue weighted by atomic mass is 35.5. The van der Waals surface area contributed by atoms with Crippen LogP contribution < -0.4 is 0 Å². The molecule has 0 spiro atoms. The van der Waals surface area contributed by atoms with Crippen LogP contribution in [-0.2, 0) is 0 Å². The van der Waals surface area contributed by atoms with E-state index in [1.807, 2.05) is 6.07 Å². The fraction of sp³-hybridized carbons (Fsp3) is 0.182. The topological polar surface area (TPSA) is 66.9 Å². The molecule has 0 saturated carbocycles. The van der Waals surface area contributed by atoms with Crippen molar-refractivity contribution < 1.29 is 4.92 Å². The largest absolute Gasteiger partial charge is 0.270 e. The summed E-state index contributed by atoms with van der Waals surface area (Å²) in [6, 6.07) is 5.89. The average molecular weight is 235 g/mol. The van der Waals surface area contributed by atoms with Gasteiger partial charge in [-0.3, -0.25) is 10.1 Å². The van der Waals surface area contributed by atoms with Crippen LogP contribution in [0.2, 0.25) is 0 Å². The van der Waals surface area contributed by atoms with Crippen LogP contribution in [-0.4, -0.2) is 10.8 Å². The van der Waals surface area contributed by atoms with Gasteiger partial charge in [0, 0.05) is 30.0 Å². The number of alkyl halides is 1. The third kappa shape index (κ3) is 2.98. The van der Waals surface area contributed by atoms with Gasteiger partial charge in [-0.15, -0.1) is 11.6 Å². The van der Waals surface area contributed by atoms with Gasteiger partial charge in [0.25, 0.3) is 5.69 Å². The summed E-state index contributed by atoms with van der Waals surface area (Å²) in [6.45, 7) is 0. The highest BCUT2D eigenvalue weighted by molar-refractivity contribution is 6.18. The van der Waals surface area contributed by atoms with Crippen LogP contribution >= 0.6 is 11.6 Å². The molecule has 1 aromatic rings. The molecule has 0 saturated heterocycles. The summed E-state index contributed by atoms with van der Waals surface area (Å²) >= 11 is 5.45. The Balaban J connectivity index is 3.10. The number of rotatable bonds is 2. The van der Waals surface area contributed by atoms with E-state index in [1.54, 1.807) is 0 Å². The van der Waals surface area contributed by atoms with E-state index in [-0.39, 0.29) is 11.3 Å². The van der Waals surface area contributed by atoms with Gasteiger partial charge in [-0.2, -0.15) is 5.26 Å². The van der Waals surface area contributed by atoms with Gasteiger partial charge in [0.15, 0.2) is 0 Å². The normalized spacial score (nSPS) is 8.75. The van der Waals surface area contributed by atoms with Crippen molar-refractivity contribution in [2.75, 3.05) is 5.88 Å². The molecule has 0 amide bonds. The number of nitro groups is 1. The summed E-state index contributed by atoms with van der Waals surface area (Å²) in [6.07, 6.45) is 0.517. The van der Waals surface area contributed by atoms with Gasteiger partial charge in [0.1, 0.15) is 6.07 Å². The zero-order chi connectivity index (χ0) is 12.0. The molecule has 1 rings (SSSR count). The molecule has 5 heteroatoms. The first-order chi connectivity index (χ1) is 7.69. The molecule has 0 aliphatic carbocycles. The number of hydrogen-bond donors (Lipinski definition) is 0. The Morgan fingerprint density at radius 2 is 2.19 bits per heavy atom. The molecule has 0 aliphatic heterocycles. The Hall–Kier alpha value is -2.04. The molecule has 80 valence electrons. The Morgan fingerprint density at radius 1 is 1.44 bits per heavy atom. The van der Waals surface area contributed by atoms with Crippen LogP contribution in [0.1, 0.15) is 17.5 Å². The first-order valence-corrected chi connectivity index (χ1v) is 4.96. The second-order valence-electron chi connectivity index (χ2n) is 2.84. The average Bonchev–Trinajstić information content (AvgIpc) is 2.29. The van der Waals surface area contributed by atoms with Crippen molar-refractivity contribution in [3.8, 4) is 17.9 Å². The number of hydrogen-bond acceptors (Lipinski definition) is 3. The molecule has 16 heavy (non-hydrogen) atoms. The number of halogens is 1. The van der Waals surface area contributed by atoms with Crippen molar-refractivity contribution >= 4 is 17.3 Å². The maximum Gasteiger partial charge on any atom is 0.270 e. The molecule has 0 bridgehead atoms. The Morgan fingerprint density at radius 3 is 2.75 bits per heavy atom. The van der Waals surface area contributed by atoms with Crippen molar-refractivity contribution in [2.45, 2.75) is 6.42 Å². The molecular formula is C11H7ClN2O2. The van der Waals surface area contributed by atoms with E-state index in [9.17, 15) is 10.1 Å². The molecule has 0 radical (unpaired) electrons. The Kier molecular flexibility index (Phi) is 4.32. The molecule has 1 aromatic carbocycles. The second kappa shape index (κ2) is 5.75. The molecule has 0 atom stereocenters. The predicted molar refractivity (Wildman–Crippen MR) is 60.0 cm³/mol. The van der Waals surface area contributed by atoms with Crippen LogP contribution in [0.5, 0.6) is 0 Å². The second-order valence-corrected chi connectivity index (χ2v) is 3.22. The first kappa shape index (κ1) is 12.0. The van der Waals surface area contributed by atoms with Gasteiger partial charge in [-0.1, -0.05) is 11.8 Å². The molecule has 0 fully saturated rings. The number of nitro benzene ring substituents is 1. The molecule has 0 aliphatic rings. The van der Waals surface area contributed by atoms with Crippen molar-refractivity contribution in [2.24, 2.45) is 0 Å². The van der Waals surface area contributed by atoms with Crippen LogP contribution in [0, 0.1) is 33.3 Å². The third-order valence-electron chi connectivity index (χ3n) is 1.78.